The number of benzene rings is 2. The van der Waals surface area contributed by atoms with Crippen LogP contribution in [0.25, 0.3) is 0 Å². The summed E-state index contributed by atoms with van der Waals surface area (Å²) in [7, 11) is -0.909. The maximum atomic E-state index is 12.6. The Balaban J connectivity index is 2.27. The minimum Gasteiger partial charge on any atom is -0.490 e. The molecule has 0 aliphatic carbocycles. The Labute approximate surface area is 190 Å². The van der Waals surface area contributed by atoms with E-state index in [-0.39, 0.29) is 22.1 Å². The van der Waals surface area contributed by atoms with Gasteiger partial charge in [0.1, 0.15) is 6.61 Å². The normalized spacial score (nSPS) is 11.4. The molecule has 164 valence electrons. The first-order valence-corrected chi connectivity index (χ1v) is 11.7. The molecule has 0 atom stereocenters. The Morgan fingerprint density at radius 2 is 1.67 bits per heavy atom. The van der Waals surface area contributed by atoms with E-state index in [1.807, 2.05) is 13.8 Å². The number of halogens is 2. The third kappa shape index (κ3) is 5.66. The minimum atomic E-state index is -3.72. The van der Waals surface area contributed by atoms with E-state index in [0.717, 1.165) is 4.31 Å². The van der Waals surface area contributed by atoms with Gasteiger partial charge >= 0.3 is 5.97 Å². The zero-order valence-electron chi connectivity index (χ0n) is 17.1. The number of sulfonamides is 1. The Hall–Kier alpha value is -1.81. The third-order valence-electron chi connectivity index (χ3n) is 4.01. The maximum absolute atomic E-state index is 12.6. The van der Waals surface area contributed by atoms with Crippen molar-refractivity contribution >= 4 is 43.5 Å². The first-order chi connectivity index (χ1) is 14.1. The van der Waals surface area contributed by atoms with E-state index in [2.05, 4.69) is 15.9 Å². The average molecular weight is 521 g/mol. The molecule has 0 aliphatic heterocycles. The van der Waals surface area contributed by atoms with Crippen molar-refractivity contribution in [2.45, 2.75) is 25.3 Å². The van der Waals surface area contributed by atoms with Crippen molar-refractivity contribution in [2.75, 3.05) is 27.3 Å². The SMILES string of the molecule is CCOc1cc(Br)c(COC(=O)c2cc(S(=O)(=O)N(C)C)ccc2Cl)cc1OCC. The summed E-state index contributed by atoms with van der Waals surface area (Å²) in [6.45, 7) is 4.57. The predicted molar refractivity (Wildman–Crippen MR) is 118 cm³/mol. The number of rotatable bonds is 9. The van der Waals surface area contributed by atoms with Crippen molar-refractivity contribution < 1.29 is 27.4 Å². The number of hydrogen-bond acceptors (Lipinski definition) is 6. The van der Waals surface area contributed by atoms with E-state index in [9.17, 15) is 13.2 Å². The average Bonchev–Trinajstić information content (AvgIpc) is 2.69. The van der Waals surface area contributed by atoms with Gasteiger partial charge in [-0.15, -0.1) is 0 Å². The molecule has 0 N–H and O–H groups in total. The Morgan fingerprint density at radius 3 is 2.23 bits per heavy atom. The van der Waals surface area contributed by atoms with Crippen LogP contribution in [0.1, 0.15) is 29.8 Å². The van der Waals surface area contributed by atoms with Crippen LogP contribution in [0.5, 0.6) is 11.5 Å². The van der Waals surface area contributed by atoms with E-state index in [4.69, 9.17) is 25.8 Å². The summed E-state index contributed by atoms with van der Waals surface area (Å²) in [6, 6.07) is 7.37. The molecule has 0 radical (unpaired) electrons. The number of ether oxygens (including phenoxy) is 3. The molecule has 30 heavy (non-hydrogen) atoms. The number of carbonyl (C=O) groups is 1. The maximum Gasteiger partial charge on any atom is 0.340 e. The van der Waals surface area contributed by atoms with E-state index >= 15 is 0 Å². The van der Waals surface area contributed by atoms with E-state index in [1.54, 1.807) is 12.1 Å². The molecule has 0 heterocycles. The quantitative estimate of drug-likeness (QED) is 0.453. The van der Waals surface area contributed by atoms with Gasteiger partial charge in [0, 0.05) is 24.1 Å². The highest BCUT2D eigenvalue weighted by Crippen LogP contribution is 2.34. The highest BCUT2D eigenvalue weighted by Gasteiger charge is 2.22. The largest absolute Gasteiger partial charge is 0.490 e. The van der Waals surface area contributed by atoms with Gasteiger partial charge in [0.2, 0.25) is 10.0 Å². The number of nitrogens with zero attached hydrogens (tertiary/aromatic N) is 1. The molecule has 0 fully saturated rings. The molecule has 0 aliphatic rings. The van der Waals surface area contributed by atoms with Crippen LogP contribution >= 0.6 is 27.5 Å². The topological polar surface area (TPSA) is 82.1 Å². The van der Waals surface area contributed by atoms with Crippen LogP contribution in [-0.2, 0) is 21.4 Å². The van der Waals surface area contributed by atoms with Gasteiger partial charge in [-0.1, -0.05) is 27.5 Å². The fourth-order valence-electron chi connectivity index (χ4n) is 2.48. The molecule has 7 nitrogen and oxygen atoms in total. The van der Waals surface area contributed by atoms with E-state index in [1.165, 1.54) is 32.3 Å². The Morgan fingerprint density at radius 1 is 1.07 bits per heavy atom. The van der Waals surface area contributed by atoms with Crippen LogP contribution in [0.2, 0.25) is 5.02 Å². The molecule has 0 spiro atoms. The van der Waals surface area contributed by atoms with Gasteiger partial charge in [0.15, 0.2) is 11.5 Å². The van der Waals surface area contributed by atoms with Crippen LogP contribution in [0, 0.1) is 0 Å². The molecule has 0 bridgehead atoms. The van der Waals surface area contributed by atoms with Crippen LogP contribution in [0.15, 0.2) is 39.7 Å². The molecular formula is C20H23BrClNO6S. The van der Waals surface area contributed by atoms with Crippen LogP contribution in [-0.4, -0.2) is 46.0 Å². The highest BCUT2D eigenvalue weighted by molar-refractivity contribution is 9.10. The first kappa shape index (κ1) is 24.5. The van der Waals surface area contributed by atoms with Crippen molar-refractivity contribution in [2.24, 2.45) is 0 Å². The van der Waals surface area contributed by atoms with Gasteiger partial charge in [-0.05, 0) is 44.2 Å². The van der Waals surface area contributed by atoms with Crippen LogP contribution in [0.4, 0.5) is 0 Å². The predicted octanol–water partition coefficient (Wildman–Crippen LogP) is 4.51. The van der Waals surface area contributed by atoms with Crippen molar-refractivity contribution in [3.63, 3.8) is 0 Å². The summed E-state index contributed by atoms with van der Waals surface area (Å²) < 4.78 is 42.9. The smallest absolute Gasteiger partial charge is 0.340 e. The Kier molecular flexibility index (Phi) is 8.54. The van der Waals surface area contributed by atoms with Crippen molar-refractivity contribution in [1.82, 2.24) is 4.31 Å². The van der Waals surface area contributed by atoms with Gasteiger partial charge < -0.3 is 14.2 Å². The molecule has 0 saturated heterocycles. The zero-order valence-corrected chi connectivity index (χ0v) is 20.2. The summed E-state index contributed by atoms with van der Waals surface area (Å²) in [6.07, 6.45) is 0. The summed E-state index contributed by atoms with van der Waals surface area (Å²) in [5.41, 5.74) is 0.620. The molecule has 2 rings (SSSR count). The minimum absolute atomic E-state index is 0.0355. The lowest BCUT2D eigenvalue weighted by Gasteiger charge is -2.15. The lowest BCUT2D eigenvalue weighted by Crippen LogP contribution is -2.22. The third-order valence-corrected chi connectivity index (χ3v) is 6.89. The van der Waals surface area contributed by atoms with Gasteiger partial charge in [0.25, 0.3) is 0 Å². The van der Waals surface area contributed by atoms with Gasteiger partial charge in [-0.2, -0.15) is 0 Å². The van der Waals surface area contributed by atoms with Crippen molar-refractivity contribution in [1.29, 1.82) is 0 Å². The fourth-order valence-corrected chi connectivity index (χ4v) is 4.04. The highest BCUT2D eigenvalue weighted by atomic mass is 79.9. The monoisotopic (exact) mass is 519 g/mol. The molecule has 10 heteroatoms. The number of hydrogen-bond donors (Lipinski definition) is 0. The van der Waals surface area contributed by atoms with E-state index in [0.29, 0.717) is 34.7 Å². The molecule has 2 aromatic rings. The van der Waals surface area contributed by atoms with Gasteiger partial charge in [-0.3, -0.25) is 0 Å². The van der Waals surface area contributed by atoms with Crippen molar-refractivity contribution in [3.8, 4) is 11.5 Å². The molecular weight excluding hydrogens is 498 g/mol. The summed E-state index contributed by atoms with van der Waals surface area (Å²) in [4.78, 5) is 12.5. The van der Waals surface area contributed by atoms with Gasteiger partial charge in [0.05, 0.1) is 28.7 Å². The molecule has 0 unspecified atom stereocenters. The second-order valence-corrected chi connectivity index (χ2v) is 9.67. The van der Waals surface area contributed by atoms with Crippen LogP contribution < -0.4 is 9.47 Å². The molecule has 0 saturated carbocycles. The van der Waals surface area contributed by atoms with Crippen LogP contribution in [0.3, 0.4) is 0 Å². The lowest BCUT2D eigenvalue weighted by molar-refractivity contribution is 0.0471. The van der Waals surface area contributed by atoms with Crippen molar-refractivity contribution in [3.05, 3.63) is 51.0 Å². The lowest BCUT2D eigenvalue weighted by atomic mass is 10.2. The fraction of sp³-hybridized carbons (Fsp3) is 0.350. The first-order valence-electron chi connectivity index (χ1n) is 9.09. The summed E-state index contributed by atoms with van der Waals surface area (Å²) >= 11 is 9.54. The van der Waals surface area contributed by atoms with E-state index < -0.39 is 16.0 Å². The molecule has 2 aromatic carbocycles. The molecule has 0 amide bonds. The zero-order chi connectivity index (χ0) is 22.5. The second kappa shape index (κ2) is 10.5. The number of carbonyl (C=O) groups excluding carboxylic acids is 1. The molecule has 0 aromatic heterocycles. The second-order valence-electron chi connectivity index (χ2n) is 6.26. The van der Waals surface area contributed by atoms with Gasteiger partial charge in [-0.25, -0.2) is 17.5 Å². The number of esters is 1. The summed E-state index contributed by atoms with van der Waals surface area (Å²) in [5.74, 6) is 0.367. The standard InChI is InChI=1S/C20H23BrClNO6S/c1-5-27-18-9-13(16(21)11-19(18)28-6-2)12-29-20(24)15-10-14(7-8-17(15)22)30(25,26)23(3)4/h7-11H,5-6,12H2,1-4H3. The Bertz CT molecular complexity index is 1030. The summed E-state index contributed by atoms with van der Waals surface area (Å²) in [5, 5.41) is 0.0958.